The summed E-state index contributed by atoms with van der Waals surface area (Å²) in [4.78, 5) is 47.2. The smallest absolute Gasteiger partial charge is 0.273 e. The lowest BCUT2D eigenvalue weighted by molar-refractivity contribution is -0.483. The molecule has 25 heavy (non-hydrogen) atoms. The van der Waals surface area contributed by atoms with Crippen LogP contribution in [0.15, 0.2) is 47.7 Å². The zero-order chi connectivity index (χ0) is 18.1. The van der Waals surface area contributed by atoms with Gasteiger partial charge in [-0.25, -0.2) is 9.69 Å². The van der Waals surface area contributed by atoms with Crippen molar-refractivity contribution in [3.05, 3.63) is 62.9 Å². The summed E-state index contributed by atoms with van der Waals surface area (Å²) in [6.45, 7) is 0. The van der Waals surface area contributed by atoms with Crippen molar-refractivity contribution in [3.8, 4) is 0 Å². The minimum Gasteiger partial charge on any atom is -0.273 e. The Morgan fingerprint density at radius 3 is 2.72 bits per heavy atom. The molecule has 0 saturated carbocycles. The summed E-state index contributed by atoms with van der Waals surface area (Å²) in [5, 5.41) is 13.0. The van der Waals surface area contributed by atoms with E-state index in [1.54, 1.807) is 12.1 Å². The highest BCUT2D eigenvalue weighted by Gasteiger charge is 2.40. The summed E-state index contributed by atoms with van der Waals surface area (Å²) in [5.41, 5.74) is -0.220. The molecule has 0 bridgehead atoms. The number of imide groups is 2. The van der Waals surface area contributed by atoms with Gasteiger partial charge in [-0.1, -0.05) is 17.7 Å². The SMILES string of the molecule is O=C1NC(=O)N(c2cccc(Cl)c2)C(=O)C1=CC1=CCC([N+](=O)[O-])=[O+]1. The van der Waals surface area contributed by atoms with Crippen LogP contribution in [0.5, 0.6) is 0 Å². The largest absolute Gasteiger partial charge is 0.628 e. The van der Waals surface area contributed by atoms with E-state index in [1.807, 2.05) is 5.32 Å². The van der Waals surface area contributed by atoms with Crippen LogP contribution in [0.1, 0.15) is 6.42 Å². The zero-order valence-corrected chi connectivity index (χ0v) is 13.1. The Morgan fingerprint density at radius 1 is 1.32 bits per heavy atom. The first-order valence-corrected chi connectivity index (χ1v) is 7.30. The van der Waals surface area contributed by atoms with E-state index in [0.29, 0.717) is 5.02 Å². The van der Waals surface area contributed by atoms with Gasteiger partial charge in [0.05, 0.1) is 11.8 Å². The molecule has 1 N–H and O–H groups in total. The average molecular weight is 363 g/mol. The van der Waals surface area contributed by atoms with Crippen molar-refractivity contribution >= 4 is 41.0 Å². The molecular formula is C15H9ClN3O6+. The highest BCUT2D eigenvalue weighted by atomic mass is 35.5. The highest BCUT2D eigenvalue weighted by Crippen LogP contribution is 2.24. The molecule has 2 aliphatic rings. The number of urea groups is 1. The third-order valence-corrected chi connectivity index (χ3v) is 3.61. The van der Waals surface area contributed by atoms with Gasteiger partial charge < -0.3 is 0 Å². The average Bonchev–Trinajstić information content (AvgIpc) is 3.00. The van der Waals surface area contributed by atoms with Gasteiger partial charge in [0.25, 0.3) is 11.8 Å². The van der Waals surface area contributed by atoms with Crippen molar-refractivity contribution in [1.82, 2.24) is 5.32 Å². The van der Waals surface area contributed by atoms with Crippen LogP contribution in [0.3, 0.4) is 0 Å². The van der Waals surface area contributed by atoms with Crippen molar-refractivity contribution in [2.75, 3.05) is 4.90 Å². The number of benzene rings is 1. The molecule has 3 rings (SSSR count). The van der Waals surface area contributed by atoms with Crippen molar-refractivity contribution in [3.63, 3.8) is 0 Å². The van der Waals surface area contributed by atoms with Gasteiger partial charge in [-0.05, 0) is 18.2 Å². The van der Waals surface area contributed by atoms with Crippen LogP contribution in [-0.4, -0.2) is 28.7 Å². The second kappa shape index (κ2) is 6.29. The third kappa shape index (κ3) is 3.17. The maximum Gasteiger partial charge on any atom is 0.628 e. The standard InChI is InChI=1S/C15H8ClN3O6/c16-8-2-1-3-9(6-8)18-14(21)11(13(20)17-15(18)22)7-10-4-5-12(25-10)19(23)24/h1-4,6-7H,5H2/p+1. The number of barbiturate groups is 1. The quantitative estimate of drug-likeness (QED) is 0.281. The Bertz CT molecular complexity index is 918. The Labute approximate surface area is 145 Å². The van der Waals surface area contributed by atoms with E-state index in [2.05, 4.69) is 0 Å². The lowest BCUT2D eigenvalue weighted by atomic mass is 10.1. The fraction of sp³-hybridized carbons (Fsp3) is 0.0667. The molecule has 0 aromatic heterocycles. The second-order valence-electron chi connectivity index (χ2n) is 5.00. The molecule has 0 aliphatic carbocycles. The molecule has 0 spiro atoms. The topological polar surface area (TPSA) is 121 Å². The van der Waals surface area contributed by atoms with Gasteiger partial charge in [-0.2, -0.15) is 0 Å². The van der Waals surface area contributed by atoms with Gasteiger partial charge in [0.1, 0.15) is 5.57 Å². The number of rotatable bonds is 2. The Balaban J connectivity index is 1.97. The fourth-order valence-corrected chi connectivity index (χ4v) is 2.44. The first-order valence-electron chi connectivity index (χ1n) is 6.92. The van der Waals surface area contributed by atoms with E-state index in [-0.39, 0.29) is 17.9 Å². The third-order valence-electron chi connectivity index (χ3n) is 3.37. The molecule has 126 valence electrons. The van der Waals surface area contributed by atoms with E-state index in [4.69, 9.17) is 16.0 Å². The molecule has 1 fully saturated rings. The number of nitrogens with one attached hydrogen (secondary N) is 1. The Hall–Kier alpha value is -3.33. The van der Waals surface area contributed by atoms with Crippen LogP contribution in [0.25, 0.3) is 0 Å². The number of amides is 5. The van der Waals surface area contributed by atoms with Crippen LogP contribution in [0.2, 0.25) is 5.02 Å². The predicted molar refractivity (Wildman–Crippen MR) is 85.3 cm³/mol. The minimum absolute atomic E-state index is 0.0226. The zero-order valence-electron chi connectivity index (χ0n) is 12.4. The van der Waals surface area contributed by atoms with Crippen LogP contribution in [-0.2, 0) is 14.0 Å². The minimum atomic E-state index is -0.924. The molecule has 1 aromatic rings. The van der Waals surface area contributed by atoms with Gasteiger partial charge >= 0.3 is 17.7 Å². The first-order chi connectivity index (χ1) is 11.9. The van der Waals surface area contributed by atoms with E-state index in [9.17, 15) is 24.5 Å². The van der Waals surface area contributed by atoms with Crippen LogP contribution in [0.4, 0.5) is 10.5 Å². The number of carbonyl (C=O) groups is 3. The number of allylic oxidation sites excluding steroid dienone is 1. The normalized spacial score (nSPS) is 19.0. The van der Waals surface area contributed by atoms with Crippen molar-refractivity contribution in [2.45, 2.75) is 6.42 Å². The van der Waals surface area contributed by atoms with Gasteiger partial charge in [-0.15, -0.1) is 4.42 Å². The summed E-state index contributed by atoms with van der Waals surface area (Å²) in [5.74, 6) is -2.26. The Kier molecular flexibility index (Phi) is 4.15. The summed E-state index contributed by atoms with van der Waals surface area (Å²) in [6.07, 6.45) is 2.34. The second-order valence-corrected chi connectivity index (χ2v) is 5.44. The van der Waals surface area contributed by atoms with Gasteiger partial charge in [0.2, 0.25) is 0 Å². The van der Waals surface area contributed by atoms with Crippen molar-refractivity contribution in [1.29, 1.82) is 0 Å². The molecule has 9 nitrogen and oxygen atoms in total. The number of carbonyl (C=O) groups excluding carboxylic acids is 4. The maximum atomic E-state index is 12.6. The van der Waals surface area contributed by atoms with E-state index < -0.39 is 34.2 Å². The number of halogens is 1. The number of nitrogens with zero attached hydrogens (tertiary/aromatic N) is 2. The van der Waals surface area contributed by atoms with Gasteiger partial charge in [0.15, 0.2) is 11.3 Å². The molecule has 1 saturated heterocycles. The van der Waals surface area contributed by atoms with Gasteiger partial charge in [0, 0.05) is 11.1 Å². The monoisotopic (exact) mass is 362 g/mol. The highest BCUT2D eigenvalue weighted by molar-refractivity contribution is 6.38. The van der Waals surface area contributed by atoms with Crippen molar-refractivity contribution in [2.24, 2.45) is 0 Å². The summed E-state index contributed by atoms with van der Waals surface area (Å²) < 4.78 is 4.95. The van der Waals surface area contributed by atoms with Crippen LogP contribution >= 0.6 is 11.6 Å². The molecule has 0 atom stereocenters. The fourth-order valence-electron chi connectivity index (χ4n) is 2.26. The molecule has 2 aliphatic heterocycles. The molecule has 2 heterocycles. The summed E-state index contributed by atoms with van der Waals surface area (Å²) >= 11 is 5.86. The van der Waals surface area contributed by atoms with E-state index in [1.165, 1.54) is 18.2 Å². The first kappa shape index (κ1) is 16.5. The number of nitro groups is 1. The van der Waals surface area contributed by atoms with Gasteiger partial charge in [-0.3, -0.25) is 25.0 Å². The van der Waals surface area contributed by atoms with Crippen LogP contribution in [0, 0.1) is 10.1 Å². The molecule has 1 aromatic carbocycles. The lowest BCUT2D eigenvalue weighted by Gasteiger charge is -2.26. The van der Waals surface area contributed by atoms with Crippen LogP contribution < -0.4 is 10.2 Å². The van der Waals surface area contributed by atoms with E-state index in [0.717, 1.165) is 11.0 Å². The predicted octanol–water partition coefficient (Wildman–Crippen LogP) is 1.48. The maximum absolute atomic E-state index is 12.6. The molecule has 0 radical (unpaired) electrons. The number of hydrogen-bond acceptors (Lipinski definition) is 5. The lowest BCUT2D eigenvalue weighted by Crippen LogP contribution is -2.54. The summed E-state index contributed by atoms with van der Waals surface area (Å²) in [7, 11) is 0. The van der Waals surface area contributed by atoms with Crippen molar-refractivity contribution < 1.29 is 23.7 Å². The number of hydrogen-bond donors (Lipinski definition) is 1. The molecule has 4 amide bonds. The molecular weight excluding hydrogens is 354 g/mol. The van der Waals surface area contributed by atoms with E-state index >= 15 is 0 Å². The molecule has 0 unspecified atom stereocenters. The Morgan fingerprint density at radius 2 is 2.08 bits per heavy atom. The molecule has 10 heteroatoms. The summed E-state index contributed by atoms with van der Waals surface area (Å²) in [6, 6.07) is 5.04. The number of anilines is 1.